The third-order valence-corrected chi connectivity index (χ3v) is 8.63. The average molecular weight is 533 g/mol. The lowest BCUT2D eigenvalue weighted by atomic mass is 10.2. The molecule has 0 bridgehead atoms. The fourth-order valence-electron chi connectivity index (χ4n) is 5.05. The zero-order chi connectivity index (χ0) is 25.5. The van der Waals surface area contributed by atoms with Gasteiger partial charge >= 0.3 is 0 Å². The van der Waals surface area contributed by atoms with Gasteiger partial charge in [0.2, 0.25) is 0 Å². The van der Waals surface area contributed by atoms with Crippen molar-refractivity contribution in [1.82, 2.24) is 28.9 Å². The van der Waals surface area contributed by atoms with Crippen molar-refractivity contribution in [3.05, 3.63) is 76.1 Å². The van der Waals surface area contributed by atoms with Crippen LogP contribution in [0.2, 0.25) is 5.02 Å². The Hall–Kier alpha value is -3.04. The first-order valence-electron chi connectivity index (χ1n) is 12.6. The standard InChI is InChI=1S/C28H29ClN6OS/c1-19-31-23-16-22(8-9-25(23)34(19)11-3-10-33-14-12-32(2)13-15-33)35-18-30-24-17-26(37-27(24)28(35)36)20-4-6-21(29)7-5-20/h4-9,16-18H,3,10-15H2,1-2H3. The molecule has 1 fully saturated rings. The molecule has 37 heavy (non-hydrogen) atoms. The van der Waals surface area contributed by atoms with Crippen LogP contribution in [0.4, 0.5) is 0 Å². The number of halogens is 1. The number of imidazole rings is 1. The minimum absolute atomic E-state index is 0.0714. The van der Waals surface area contributed by atoms with Crippen molar-refractivity contribution >= 4 is 44.2 Å². The van der Waals surface area contributed by atoms with Crippen LogP contribution in [0.25, 0.3) is 37.4 Å². The van der Waals surface area contributed by atoms with Crippen molar-refractivity contribution in [2.45, 2.75) is 19.9 Å². The highest BCUT2D eigenvalue weighted by atomic mass is 35.5. The van der Waals surface area contributed by atoms with Crippen LogP contribution in [0.15, 0.2) is 59.7 Å². The first kappa shape index (κ1) is 24.3. The maximum atomic E-state index is 13.4. The summed E-state index contributed by atoms with van der Waals surface area (Å²) >= 11 is 7.49. The average Bonchev–Trinajstić information content (AvgIpc) is 3.47. The minimum atomic E-state index is -0.0714. The molecule has 4 heterocycles. The van der Waals surface area contributed by atoms with Gasteiger partial charge in [0.25, 0.3) is 5.56 Å². The van der Waals surface area contributed by atoms with Crippen molar-refractivity contribution in [2.24, 2.45) is 0 Å². The molecule has 0 unspecified atom stereocenters. The van der Waals surface area contributed by atoms with E-state index in [0.717, 1.165) is 78.7 Å². The monoisotopic (exact) mass is 532 g/mol. The van der Waals surface area contributed by atoms with Crippen LogP contribution in [0.5, 0.6) is 0 Å². The first-order valence-corrected chi connectivity index (χ1v) is 13.8. The summed E-state index contributed by atoms with van der Waals surface area (Å²) < 4.78 is 4.54. The number of rotatable bonds is 6. The zero-order valence-corrected chi connectivity index (χ0v) is 22.6. The van der Waals surface area contributed by atoms with Crippen molar-refractivity contribution in [3.8, 4) is 16.1 Å². The van der Waals surface area contributed by atoms with Gasteiger partial charge in [-0.2, -0.15) is 0 Å². The van der Waals surface area contributed by atoms with Gasteiger partial charge < -0.3 is 14.4 Å². The fraction of sp³-hybridized carbons (Fsp3) is 0.321. The molecule has 5 aromatic rings. The van der Waals surface area contributed by atoms with Crippen LogP contribution in [-0.4, -0.2) is 68.7 Å². The largest absolute Gasteiger partial charge is 0.328 e. The van der Waals surface area contributed by atoms with E-state index in [1.807, 2.05) is 42.5 Å². The van der Waals surface area contributed by atoms with Gasteiger partial charge in [-0.05, 0) is 68.9 Å². The van der Waals surface area contributed by atoms with Crippen molar-refractivity contribution in [2.75, 3.05) is 39.8 Å². The number of fused-ring (bicyclic) bond motifs is 2. The quantitative estimate of drug-likeness (QED) is 0.306. The highest BCUT2D eigenvalue weighted by Gasteiger charge is 2.16. The Bertz CT molecular complexity index is 1630. The molecule has 1 aliphatic heterocycles. The van der Waals surface area contributed by atoms with Crippen LogP contribution in [0.3, 0.4) is 0 Å². The fourth-order valence-corrected chi connectivity index (χ4v) is 6.22. The zero-order valence-electron chi connectivity index (χ0n) is 21.0. The molecule has 2 aromatic carbocycles. The van der Waals surface area contributed by atoms with Crippen LogP contribution in [0, 0.1) is 6.92 Å². The third kappa shape index (κ3) is 4.82. The number of aryl methyl sites for hydroxylation is 2. The van der Waals surface area contributed by atoms with E-state index in [9.17, 15) is 4.79 Å². The molecule has 0 atom stereocenters. The molecule has 3 aromatic heterocycles. The van der Waals surface area contributed by atoms with Gasteiger partial charge in [0, 0.05) is 42.6 Å². The van der Waals surface area contributed by atoms with Crippen LogP contribution < -0.4 is 5.56 Å². The van der Waals surface area contributed by atoms with E-state index in [0.29, 0.717) is 15.2 Å². The van der Waals surface area contributed by atoms with Gasteiger partial charge in [0.1, 0.15) is 16.9 Å². The van der Waals surface area contributed by atoms with E-state index in [-0.39, 0.29) is 5.56 Å². The lowest BCUT2D eigenvalue weighted by molar-refractivity contribution is 0.151. The Labute approximate surface area is 224 Å². The van der Waals surface area contributed by atoms with Crippen molar-refractivity contribution in [3.63, 3.8) is 0 Å². The number of piperazine rings is 1. The number of benzene rings is 2. The summed E-state index contributed by atoms with van der Waals surface area (Å²) in [6.45, 7) is 8.66. The van der Waals surface area contributed by atoms with E-state index < -0.39 is 0 Å². The molecule has 1 aliphatic rings. The molecule has 7 nitrogen and oxygen atoms in total. The minimum Gasteiger partial charge on any atom is -0.328 e. The highest BCUT2D eigenvalue weighted by molar-refractivity contribution is 7.22. The molecule has 0 radical (unpaired) electrons. The Balaban J connectivity index is 1.25. The van der Waals surface area contributed by atoms with Crippen LogP contribution >= 0.6 is 22.9 Å². The molecule has 0 N–H and O–H groups in total. The molecule has 0 spiro atoms. The van der Waals surface area contributed by atoms with E-state index in [1.54, 1.807) is 10.9 Å². The van der Waals surface area contributed by atoms with Crippen LogP contribution in [0.1, 0.15) is 12.2 Å². The van der Waals surface area contributed by atoms with E-state index in [1.165, 1.54) is 11.3 Å². The van der Waals surface area contributed by atoms with Gasteiger partial charge in [-0.1, -0.05) is 23.7 Å². The SMILES string of the molecule is Cc1nc2cc(-n3cnc4cc(-c5ccc(Cl)cc5)sc4c3=O)ccc2n1CCCN1CCN(C)CC1. The summed E-state index contributed by atoms with van der Waals surface area (Å²) in [5, 5.41) is 0.688. The van der Waals surface area contributed by atoms with Crippen LogP contribution in [-0.2, 0) is 6.54 Å². The number of hydrogen-bond donors (Lipinski definition) is 0. The Morgan fingerprint density at radius 3 is 2.54 bits per heavy atom. The summed E-state index contributed by atoms with van der Waals surface area (Å²) in [5.74, 6) is 0.998. The molecule has 9 heteroatoms. The predicted octanol–water partition coefficient (Wildman–Crippen LogP) is 5.06. The van der Waals surface area contributed by atoms with E-state index in [4.69, 9.17) is 16.6 Å². The Morgan fingerprint density at radius 1 is 0.973 bits per heavy atom. The second-order valence-corrected chi connectivity index (χ2v) is 11.2. The summed E-state index contributed by atoms with van der Waals surface area (Å²) in [4.78, 5) is 28.8. The molecule has 0 amide bonds. The van der Waals surface area contributed by atoms with Gasteiger partial charge in [-0.15, -0.1) is 11.3 Å². The molecule has 0 aliphatic carbocycles. The van der Waals surface area contributed by atoms with Crippen molar-refractivity contribution in [1.29, 1.82) is 0 Å². The molecular formula is C28H29ClN6OS. The second-order valence-electron chi connectivity index (χ2n) is 9.73. The topological polar surface area (TPSA) is 59.2 Å². The van der Waals surface area contributed by atoms with Crippen molar-refractivity contribution < 1.29 is 0 Å². The number of nitrogens with zero attached hydrogens (tertiary/aromatic N) is 6. The van der Waals surface area contributed by atoms with E-state index >= 15 is 0 Å². The number of thiophene rings is 1. The van der Waals surface area contributed by atoms with Gasteiger partial charge in [0.15, 0.2) is 0 Å². The molecule has 0 saturated carbocycles. The number of hydrogen-bond acceptors (Lipinski definition) is 6. The summed E-state index contributed by atoms with van der Waals surface area (Å²) in [6.07, 6.45) is 2.70. The first-order chi connectivity index (χ1) is 18.0. The smallest absolute Gasteiger partial charge is 0.275 e. The number of aromatic nitrogens is 4. The predicted molar refractivity (Wildman–Crippen MR) is 152 cm³/mol. The summed E-state index contributed by atoms with van der Waals surface area (Å²) in [7, 11) is 2.19. The lowest BCUT2D eigenvalue weighted by Crippen LogP contribution is -2.44. The Morgan fingerprint density at radius 2 is 1.76 bits per heavy atom. The van der Waals surface area contributed by atoms with Gasteiger partial charge in [0.05, 0.1) is 22.2 Å². The number of likely N-dealkylation sites (N-methyl/N-ethyl adjacent to an activating group) is 1. The summed E-state index contributed by atoms with van der Waals surface area (Å²) in [5.41, 5.74) is 4.43. The maximum Gasteiger partial charge on any atom is 0.275 e. The normalized spacial score (nSPS) is 15.2. The summed E-state index contributed by atoms with van der Waals surface area (Å²) in [6, 6.07) is 15.7. The molecule has 6 rings (SSSR count). The highest BCUT2D eigenvalue weighted by Crippen LogP contribution is 2.31. The van der Waals surface area contributed by atoms with Gasteiger partial charge in [-0.3, -0.25) is 9.36 Å². The molecule has 190 valence electrons. The maximum absolute atomic E-state index is 13.4. The van der Waals surface area contributed by atoms with Gasteiger partial charge in [-0.25, -0.2) is 9.97 Å². The molecule has 1 saturated heterocycles. The molecular weight excluding hydrogens is 504 g/mol. The van der Waals surface area contributed by atoms with E-state index in [2.05, 4.69) is 39.4 Å². The third-order valence-electron chi connectivity index (χ3n) is 7.22. The second kappa shape index (κ2) is 10.0. The lowest BCUT2D eigenvalue weighted by Gasteiger charge is -2.32. The Kier molecular flexibility index (Phi) is 6.58.